The second kappa shape index (κ2) is 7.44. The summed E-state index contributed by atoms with van der Waals surface area (Å²) < 4.78 is 5.52. The predicted molar refractivity (Wildman–Crippen MR) is 89.5 cm³/mol. The molecule has 2 saturated heterocycles. The fraction of sp³-hybridized carbons (Fsp3) is 0.588. The Morgan fingerprint density at radius 1 is 1.27 bits per heavy atom. The second-order valence-electron chi connectivity index (χ2n) is 6.17. The summed E-state index contributed by atoms with van der Waals surface area (Å²) in [7, 11) is 0. The van der Waals surface area contributed by atoms with E-state index in [-0.39, 0.29) is 18.3 Å². The van der Waals surface area contributed by atoms with Crippen molar-refractivity contribution in [3.8, 4) is 0 Å². The first-order chi connectivity index (χ1) is 10.2. The summed E-state index contributed by atoms with van der Waals surface area (Å²) in [5, 5.41) is 3.40. The molecule has 1 atom stereocenters. The Morgan fingerprint density at radius 2 is 1.95 bits per heavy atom. The molecule has 0 aromatic heterocycles. The Balaban J connectivity index is 0.00000176. The van der Waals surface area contributed by atoms with E-state index in [0.717, 1.165) is 38.0 Å². The van der Waals surface area contributed by atoms with Crippen LogP contribution in [-0.4, -0.2) is 49.7 Å². The van der Waals surface area contributed by atoms with Crippen LogP contribution in [0.2, 0.25) is 0 Å². The van der Waals surface area contributed by atoms with Crippen LogP contribution in [0.15, 0.2) is 30.3 Å². The predicted octanol–water partition coefficient (Wildman–Crippen LogP) is 1.98. The maximum Gasteiger partial charge on any atom is 0.233 e. The van der Waals surface area contributed by atoms with Gasteiger partial charge in [-0.3, -0.25) is 4.79 Å². The van der Waals surface area contributed by atoms with E-state index in [2.05, 4.69) is 24.4 Å². The van der Waals surface area contributed by atoms with Crippen LogP contribution in [-0.2, 0) is 14.9 Å². The number of ether oxygens (including phenoxy) is 1. The van der Waals surface area contributed by atoms with Crippen molar-refractivity contribution in [2.24, 2.45) is 0 Å². The maximum atomic E-state index is 13.3. The lowest BCUT2D eigenvalue weighted by Crippen LogP contribution is -2.57. The van der Waals surface area contributed by atoms with Gasteiger partial charge in [-0.05, 0) is 25.3 Å². The molecule has 1 amide bonds. The minimum atomic E-state index is -0.392. The molecule has 5 heteroatoms. The summed E-state index contributed by atoms with van der Waals surface area (Å²) in [5.74, 6) is 0.283. The van der Waals surface area contributed by atoms with Gasteiger partial charge in [0.05, 0.1) is 5.41 Å². The van der Waals surface area contributed by atoms with Crippen LogP contribution < -0.4 is 5.32 Å². The standard InChI is InChI=1S/C17H24N2O2.ClH/c1-14-13-19(10-9-18-14)16(20)17(7-11-21-12-8-17)15-5-3-2-4-6-15;/h2-6,14,18H,7-13H2,1H3;1H. The quantitative estimate of drug-likeness (QED) is 0.904. The van der Waals surface area contributed by atoms with Gasteiger partial charge in [0.15, 0.2) is 0 Å². The van der Waals surface area contributed by atoms with Crippen molar-refractivity contribution in [1.82, 2.24) is 10.2 Å². The number of nitrogens with one attached hydrogen (secondary N) is 1. The second-order valence-corrected chi connectivity index (χ2v) is 6.17. The summed E-state index contributed by atoms with van der Waals surface area (Å²) in [4.78, 5) is 15.3. The van der Waals surface area contributed by atoms with E-state index in [9.17, 15) is 4.79 Å². The average molecular weight is 325 g/mol. The Kier molecular flexibility index (Phi) is 5.84. The zero-order valence-electron chi connectivity index (χ0n) is 13.1. The van der Waals surface area contributed by atoms with Gasteiger partial charge in [-0.1, -0.05) is 30.3 Å². The Morgan fingerprint density at radius 3 is 2.59 bits per heavy atom. The molecule has 1 aromatic carbocycles. The number of hydrogen-bond donors (Lipinski definition) is 1. The molecule has 0 saturated carbocycles. The van der Waals surface area contributed by atoms with Crippen molar-refractivity contribution < 1.29 is 9.53 Å². The number of piperazine rings is 1. The smallest absolute Gasteiger partial charge is 0.233 e. The molecule has 0 radical (unpaired) electrons. The third-order valence-corrected chi connectivity index (χ3v) is 4.74. The largest absolute Gasteiger partial charge is 0.381 e. The SMILES string of the molecule is CC1CN(C(=O)C2(c3ccccc3)CCOCC2)CCN1.Cl. The van der Waals surface area contributed by atoms with E-state index < -0.39 is 5.41 Å². The minimum Gasteiger partial charge on any atom is -0.381 e. The number of hydrogen-bond acceptors (Lipinski definition) is 3. The molecule has 22 heavy (non-hydrogen) atoms. The molecule has 2 aliphatic rings. The summed E-state index contributed by atoms with van der Waals surface area (Å²) in [6.07, 6.45) is 1.57. The molecule has 0 aliphatic carbocycles. The van der Waals surface area contributed by atoms with Gasteiger partial charge in [-0.15, -0.1) is 12.4 Å². The van der Waals surface area contributed by atoms with Crippen LogP contribution in [0.5, 0.6) is 0 Å². The molecule has 1 unspecified atom stereocenters. The number of carbonyl (C=O) groups is 1. The molecule has 3 rings (SSSR count). The van der Waals surface area contributed by atoms with Gasteiger partial charge in [-0.25, -0.2) is 0 Å². The van der Waals surface area contributed by atoms with Crippen molar-refractivity contribution in [2.75, 3.05) is 32.8 Å². The lowest BCUT2D eigenvalue weighted by molar-refractivity contribution is -0.142. The molecule has 2 aliphatic heterocycles. The first kappa shape index (κ1) is 17.3. The molecule has 2 heterocycles. The number of halogens is 1. The normalized spacial score (nSPS) is 24.4. The van der Waals surface area contributed by atoms with Crippen molar-refractivity contribution >= 4 is 18.3 Å². The highest BCUT2D eigenvalue weighted by atomic mass is 35.5. The topological polar surface area (TPSA) is 41.6 Å². The summed E-state index contributed by atoms with van der Waals surface area (Å²) >= 11 is 0. The van der Waals surface area contributed by atoms with Gasteiger partial charge in [-0.2, -0.15) is 0 Å². The minimum absolute atomic E-state index is 0. The van der Waals surface area contributed by atoms with E-state index in [1.54, 1.807) is 0 Å². The molecular weight excluding hydrogens is 300 g/mol. The highest BCUT2D eigenvalue weighted by molar-refractivity contribution is 5.88. The van der Waals surface area contributed by atoms with E-state index in [0.29, 0.717) is 19.3 Å². The van der Waals surface area contributed by atoms with Gasteiger partial charge in [0.25, 0.3) is 0 Å². The van der Waals surface area contributed by atoms with Crippen molar-refractivity contribution in [2.45, 2.75) is 31.2 Å². The van der Waals surface area contributed by atoms with Gasteiger partial charge in [0.2, 0.25) is 5.91 Å². The zero-order valence-corrected chi connectivity index (χ0v) is 13.9. The average Bonchev–Trinajstić information content (AvgIpc) is 2.55. The molecule has 0 bridgehead atoms. The fourth-order valence-corrected chi connectivity index (χ4v) is 3.52. The first-order valence-corrected chi connectivity index (χ1v) is 7.88. The lowest BCUT2D eigenvalue weighted by atomic mass is 9.73. The number of rotatable bonds is 2. The highest BCUT2D eigenvalue weighted by Gasteiger charge is 2.44. The third kappa shape index (κ3) is 3.29. The van der Waals surface area contributed by atoms with Crippen LogP contribution in [0, 0.1) is 0 Å². The lowest BCUT2D eigenvalue weighted by Gasteiger charge is -2.42. The van der Waals surface area contributed by atoms with E-state index in [1.807, 2.05) is 23.1 Å². The molecule has 1 N–H and O–H groups in total. The van der Waals surface area contributed by atoms with Crippen molar-refractivity contribution in [3.05, 3.63) is 35.9 Å². The van der Waals surface area contributed by atoms with E-state index in [1.165, 1.54) is 0 Å². The fourth-order valence-electron chi connectivity index (χ4n) is 3.52. The summed E-state index contributed by atoms with van der Waals surface area (Å²) in [6, 6.07) is 10.6. The van der Waals surface area contributed by atoms with Crippen molar-refractivity contribution in [3.63, 3.8) is 0 Å². The van der Waals surface area contributed by atoms with Gasteiger partial charge in [0, 0.05) is 38.9 Å². The molecular formula is C17H25ClN2O2. The van der Waals surface area contributed by atoms with Gasteiger partial charge < -0.3 is 15.0 Å². The van der Waals surface area contributed by atoms with Crippen LogP contribution in [0.4, 0.5) is 0 Å². The maximum absolute atomic E-state index is 13.3. The molecule has 2 fully saturated rings. The molecule has 0 spiro atoms. The van der Waals surface area contributed by atoms with E-state index >= 15 is 0 Å². The Hall–Kier alpha value is -1.10. The van der Waals surface area contributed by atoms with Crippen molar-refractivity contribution in [1.29, 1.82) is 0 Å². The summed E-state index contributed by atoms with van der Waals surface area (Å²) in [5.41, 5.74) is 0.751. The number of benzene rings is 1. The highest BCUT2D eigenvalue weighted by Crippen LogP contribution is 2.37. The van der Waals surface area contributed by atoms with Crippen LogP contribution >= 0.6 is 12.4 Å². The summed E-state index contributed by atoms with van der Waals surface area (Å²) in [6.45, 7) is 5.96. The third-order valence-electron chi connectivity index (χ3n) is 4.74. The van der Waals surface area contributed by atoms with Crippen LogP contribution in [0.1, 0.15) is 25.3 Å². The van der Waals surface area contributed by atoms with E-state index in [4.69, 9.17) is 4.74 Å². The van der Waals surface area contributed by atoms with Gasteiger partial charge >= 0.3 is 0 Å². The molecule has 122 valence electrons. The number of amides is 1. The zero-order chi connectivity index (χ0) is 14.7. The number of carbonyl (C=O) groups excluding carboxylic acids is 1. The van der Waals surface area contributed by atoms with Crippen LogP contribution in [0.3, 0.4) is 0 Å². The number of nitrogens with zero attached hydrogens (tertiary/aromatic N) is 1. The Labute approximate surface area is 138 Å². The molecule has 1 aromatic rings. The molecule has 4 nitrogen and oxygen atoms in total. The Bertz CT molecular complexity index is 489. The first-order valence-electron chi connectivity index (χ1n) is 7.88. The van der Waals surface area contributed by atoms with Crippen LogP contribution in [0.25, 0.3) is 0 Å². The van der Waals surface area contributed by atoms with Gasteiger partial charge in [0.1, 0.15) is 0 Å². The monoisotopic (exact) mass is 324 g/mol.